The number of nitrogens with zero attached hydrogens (tertiary/aromatic N) is 2. The maximum absolute atomic E-state index is 12.7. The van der Waals surface area contributed by atoms with Gasteiger partial charge < -0.3 is 9.47 Å². The Hall–Kier alpha value is -1.63. The Balaban J connectivity index is 2.49. The summed E-state index contributed by atoms with van der Waals surface area (Å²) in [6, 6.07) is 4.91. The fourth-order valence-corrected chi connectivity index (χ4v) is 3.32. The van der Waals surface area contributed by atoms with Gasteiger partial charge >= 0.3 is 0 Å². The van der Waals surface area contributed by atoms with Gasteiger partial charge in [-0.15, -0.1) is 0 Å². The molecular weight excluding hydrogens is 372 g/mol. The molecule has 0 saturated heterocycles. The zero-order valence-electron chi connectivity index (χ0n) is 16.0. The molecule has 26 heavy (non-hydrogen) atoms. The van der Waals surface area contributed by atoms with Gasteiger partial charge in [0.1, 0.15) is 10.4 Å². The Morgan fingerprint density at radius 3 is 2.62 bits per heavy atom. The van der Waals surface area contributed by atoms with E-state index in [0.717, 1.165) is 5.56 Å². The van der Waals surface area contributed by atoms with Gasteiger partial charge in [-0.2, -0.15) is 4.99 Å². The van der Waals surface area contributed by atoms with Crippen LogP contribution in [0, 0.1) is 0 Å². The lowest BCUT2D eigenvalue weighted by molar-refractivity contribution is 0.0651. The lowest BCUT2D eigenvalue weighted by Gasteiger charge is -2.19. The van der Waals surface area contributed by atoms with Crippen molar-refractivity contribution in [1.29, 1.82) is 0 Å². The highest BCUT2D eigenvalue weighted by molar-refractivity contribution is 7.04. The molecule has 0 saturated carbocycles. The first-order chi connectivity index (χ1) is 12.1. The molecule has 0 aliphatic carbocycles. The van der Waals surface area contributed by atoms with E-state index in [1.54, 1.807) is 18.2 Å². The quantitative estimate of drug-likeness (QED) is 0.740. The summed E-state index contributed by atoms with van der Waals surface area (Å²) in [5.74, 6) is 0.0569. The molecule has 1 aromatic heterocycles. The van der Waals surface area contributed by atoms with Crippen molar-refractivity contribution in [2.24, 2.45) is 4.99 Å². The standard InChI is InChI=1S/C19H25ClN2O3S/c1-12(2)25-11-13-10-22(19(3,4)5)26-18(13)21-17(23)15-9-14(20)7-8-16(15)24-6/h7-10,12H,11H2,1-6H3. The summed E-state index contributed by atoms with van der Waals surface area (Å²) in [5.41, 5.74) is 1.11. The average molecular weight is 397 g/mol. The maximum Gasteiger partial charge on any atom is 0.282 e. The van der Waals surface area contributed by atoms with E-state index >= 15 is 0 Å². The molecule has 1 heterocycles. The van der Waals surface area contributed by atoms with E-state index in [4.69, 9.17) is 21.1 Å². The number of hydrogen-bond acceptors (Lipinski definition) is 4. The molecule has 0 unspecified atom stereocenters. The molecule has 5 nitrogen and oxygen atoms in total. The summed E-state index contributed by atoms with van der Waals surface area (Å²) in [6.45, 7) is 10.6. The minimum Gasteiger partial charge on any atom is -0.496 e. The van der Waals surface area contributed by atoms with Gasteiger partial charge in [-0.1, -0.05) is 11.6 Å². The van der Waals surface area contributed by atoms with Crippen LogP contribution in [0.15, 0.2) is 29.4 Å². The lowest BCUT2D eigenvalue weighted by atomic mass is 10.1. The molecule has 0 atom stereocenters. The van der Waals surface area contributed by atoms with Crippen LogP contribution in [-0.4, -0.2) is 23.1 Å². The monoisotopic (exact) mass is 396 g/mol. The number of amides is 1. The third-order valence-electron chi connectivity index (χ3n) is 3.56. The third-order valence-corrected chi connectivity index (χ3v) is 5.17. The third kappa shape index (κ3) is 5.19. The van der Waals surface area contributed by atoms with Gasteiger partial charge in [-0.05, 0) is 64.4 Å². The zero-order valence-corrected chi connectivity index (χ0v) is 17.6. The second-order valence-corrected chi connectivity index (χ2v) is 8.57. The first-order valence-corrected chi connectivity index (χ1v) is 9.53. The van der Waals surface area contributed by atoms with Crippen LogP contribution in [0.5, 0.6) is 5.75 Å². The van der Waals surface area contributed by atoms with Crippen LogP contribution in [0.2, 0.25) is 5.02 Å². The maximum atomic E-state index is 12.7. The molecule has 1 aromatic carbocycles. The number of ether oxygens (including phenoxy) is 2. The van der Waals surface area contributed by atoms with Crippen LogP contribution in [0.1, 0.15) is 50.5 Å². The zero-order chi connectivity index (χ0) is 19.5. The molecule has 1 amide bonds. The number of carbonyl (C=O) groups excluding carboxylic acids is 1. The Morgan fingerprint density at radius 2 is 2.04 bits per heavy atom. The lowest BCUT2D eigenvalue weighted by Crippen LogP contribution is -2.18. The fourth-order valence-electron chi connectivity index (χ4n) is 2.15. The van der Waals surface area contributed by atoms with E-state index in [1.165, 1.54) is 18.6 Å². The highest BCUT2D eigenvalue weighted by Crippen LogP contribution is 2.23. The summed E-state index contributed by atoms with van der Waals surface area (Å²) in [5, 5.41) is 0.462. The van der Waals surface area contributed by atoms with E-state index in [2.05, 4.69) is 29.7 Å². The Kier molecular flexibility index (Phi) is 6.66. The molecule has 0 radical (unpaired) electrons. The van der Waals surface area contributed by atoms with Gasteiger partial charge in [-0.3, -0.25) is 8.75 Å². The van der Waals surface area contributed by atoms with Crippen molar-refractivity contribution in [3.63, 3.8) is 0 Å². The van der Waals surface area contributed by atoms with Crippen LogP contribution in [-0.2, 0) is 16.9 Å². The number of methoxy groups -OCH3 is 1. The van der Waals surface area contributed by atoms with Crippen molar-refractivity contribution in [2.75, 3.05) is 7.11 Å². The van der Waals surface area contributed by atoms with Crippen LogP contribution >= 0.6 is 23.1 Å². The van der Waals surface area contributed by atoms with Crippen molar-refractivity contribution >= 4 is 29.0 Å². The molecule has 0 aliphatic heterocycles. The van der Waals surface area contributed by atoms with Crippen LogP contribution in [0.3, 0.4) is 0 Å². The summed E-state index contributed by atoms with van der Waals surface area (Å²) in [7, 11) is 1.51. The second kappa shape index (κ2) is 8.37. The molecule has 0 spiro atoms. The van der Waals surface area contributed by atoms with Gasteiger partial charge in [0.2, 0.25) is 0 Å². The second-order valence-electron chi connectivity index (χ2n) is 7.17. The highest BCUT2D eigenvalue weighted by atomic mass is 35.5. The summed E-state index contributed by atoms with van der Waals surface area (Å²) in [4.78, 5) is 17.1. The molecule has 0 N–H and O–H groups in total. The van der Waals surface area contributed by atoms with Gasteiger partial charge in [0.05, 0.1) is 25.4 Å². The number of benzene rings is 1. The number of aromatic nitrogens is 1. The average Bonchev–Trinajstić information content (AvgIpc) is 2.96. The van der Waals surface area contributed by atoms with Gasteiger partial charge in [0.25, 0.3) is 5.91 Å². The minimum atomic E-state index is -0.391. The largest absolute Gasteiger partial charge is 0.496 e. The van der Waals surface area contributed by atoms with E-state index < -0.39 is 5.91 Å². The molecule has 142 valence electrons. The van der Waals surface area contributed by atoms with Crippen molar-refractivity contribution in [3.05, 3.63) is 45.2 Å². The molecule has 0 aliphatic rings. The Bertz CT molecular complexity index is 847. The summed E-state index contributed by atoms with van der Waals surface area (Å²) in [6.07, 6.45) is 2.09. The molecule has 7 heteroatoms. The van der Waals surface area contributed by atoms with Crippen LogP contribution in [0.25, 0.3) is 0 Å². The molecule has 0 bridgehead atoms. The molecule has 2 aromatic rings. The van der Waals surface area contributed by atoms with E-state index in [9.17, 15) is 4.79 Å². The molecule has 0 fully saturated rings. The predicted octanol–water partition coefficient (Wildman–Crippen LogP) is 4.63. The Labute approximate surface area is 163 Å². The summed E-state index contributed by atoms with van der Waals surface area (Å²) >= 11 is 7.46. The number of carbonyl (C=O) groups is 1. The normalized spacial score (nSPS) is 12.7. The highest BCUT2D eigenvalue weighted by Gasteiger charge is 2.18. The summed E-state index contributed by atoms with van der Waals surface area (Å²) < 4.78 is 13.7. The van der Waals surface area contributed by atoms with Gasteiger partial charge in [0, 0.05) is 22.3 Å². The van der Waals surface area contributed by atoms with Crippen molar-refractivity contribution in [2.45, 2.75) is 52.9 Å². The van der Waals surface area contributed by atoms with Gasteiger partial charge in [-0.25, -0.2) is 0 Å². The first-order valence-electron chi connectivity index (χ1n) is 8.38. The fraction of sp³-hybridized carbons (Fsp3) is 0.474. The minimum absolute atomic E-state index is 0.0922. The predicted molar refractivity (Wildman–Crippen MR) is 105 cm³/mol. The number of halogens is 1. The van der Waals surface area contributed by atoms with Crippen LogP contribution < -0.4 is 9.41 Å². The number of rotatable bonds is 5. The number of hydrogen-bond donors (Lipinski definition) is 0. The van der Waals surface area contributed by atoms with E-state index in [0.29, 0.717) is 27.6 Å². The van der Waals surface area contributed by atoms with Crippen LogP contribution in [0.4, 0.5) is 0 Å². The molecular formula is C19H25ClN2O3S. The van der Waals surface area contributed by atoms with Crippen molar-refractivity contribution in [3.8, 4) is 5.75 Å². The van der Waals surface area contributed by atoms with E-state index in [-0.39, 0.29) is 11.6 Å². The van der Waals surface area contributed by atoms with Crippen molar-refractivity contribution < 1.29 is 14.3 Å². The first kappa shape index (κ1) is 20.7. The van der Waals surface area contributed by atoms with Gasteiger partial charge in [0.15, 0.2) is 0 Å². The topological polar surface area (TPSA) is 52.8 Å². The Morgan fingerprint density at radius 1 is 1.35 bits per heavy atom. The smallest absolute Gasteiger partial charge is 0.282 e. The SMILES string of the molecule is COc1ccc(Cl)cc1C(=O)N=c1sn(C(C)(C)C)cc1COC(C)C. The van der Waals surface area contributed by atoms with E-state index in [1.807, 2.05) is 20.0 Å². The van der Waals surface area contributed by atoms with Crippen molar-refractivity contribution in [1.82, 2.24) is 3.96 Å². The molecule has 2 rings (SSSR count).